The molecule has 3 aromatic heterocycles. The molecule has 1 aliphatic rings. The van der Waals surface area contributed by atoms with E-state index in [-0.39, 0.29) is 18.3 Å². The molecule has 0 saturated carbocycles. The molecule has 156 valence electrons. The number of nitrogens with zero attached hydrogens (tertiary/aromatic N) is 6. The predicted molar refractivity (Wildman–Crippen MR) is 112 cm³/mol. The molecule has 1 unspecified atom stereocenters. The Morgan fingerprint density at radius 3 is 2.81 bits per heavy atom. The number of likely N-dealkylation sites (N-methyl/N-ethyl adjacent to an activating group) is 1. The van der Waals surface area contributed by atoms with Crippen LogP contribution in [0.15, 0.2) is 54.9 Å². The highest BCUT2D eigenvalue weighted by molar-refractivity contribution is 6.02. The lowest BCUT2D eigenvalue weighted by Crippen LogP contribution is -2.49. The fourth-order valence-electron chi connectivity index (χ4n) is 3.55. The van der Waals surface area contributed by atoms with Gasteiger partial charge in [0.25, 0.3) is 11.8 Å². The molecule has 31 heavy (non-hydrogen) atoms. The van der Waals surface area contributed by atoms with Gasteiger partial charge in [0.1, 0.15) is 18.4 Å². The van der Waals surface area contributed by atoms with Gasteiger partial charge in [-0.15, -0.1) is 5.10 Å². The summed E-state index contributed by atoms with van der Waals surface area (Å²) in [6.45, 7) is 0.0141. The molecule has 5 rings (SSSR count). The number of anilines is 1. The van der Waals surface area contributed by atoms with Crippen molar-refractivity contribution in [1.29, 1.82) is 0 Å². The number of carbonyl (C=O) groups is 2. The fraction of sp³-hybridized carbons (Fsp3) is 0.190. The molecule has 10 nitrogen and oxygen atoms in total. The molecule has 1 aromatic carbocycles. The Morgan fingerprint density at radius 1 is 1.16 bits per heavy atom. The number of pyridine rings is 1. The molecule has 4 heterocycles. The number of carbonyl (C=O) groups excluding carboxylic acids is 2. The quantitative estimate of drug-likeness (QED) is 0.538. The Bertz CT molecular complexity index is 1310. The highest BCUT2D eigenvalue weighted by atomic mass is 16.5. The first-order valence-electron chi connectivity index (χ1n) is 9.66. The topological polar surface area (TPSA) is 107 Å². The predicted octanol–water partition coefficient (Wildman–Crippen LogP) is 1.28. The van der Waals surface area contributed by atoms with Crippen molar-refractivity contribution in [2.75, 3.05) is 18.6 Å². The third-order valence-corrected chi connectivity index (χ3v) is 5.13. The number of ether oxygens (including phenoxy) is 1. The minimum absolute atomic E-state index is 0.0141. The number of aryl methyl sites for hydroxylation is 1. The number of fused-ring (bicyclic) bond motifs is 2. The van der Waals surface area contributed by atoms with Gasteiger partial charge >= 0.3 is 0 Å². The maximum Gasteiger partial charge on any atom is 0.291 e. The zero-order chi connectivity index (χ0) is 21.5. The summed E-state index contributed by atoms with van der Waals surface area (Å²) in [4.78, 5) is 31.5. The zero-order valence-electron chi connectivity index (χ0n) is 16.9. The fourth-order valence-corrected chi connectivity index (χ4v) is 3.55. The van der Waals surface area contributed by atoms with Crippen LogP contribution in [-0.2, 0) is 11.8 Å². The molecule has 4 aromatic rings. The summed E-state index contributed by atoms with van der Waals surface area (Å²) in [5.41, 5.74) is 2.76. The van der Waals surface area contributed by atoms with E-state index in [2.05, 4.69) is 20.5 Å². The summed E-state index contributed by atoms with van der Waals surface area (Å²) < 4.78 is 9.01. The van der Waals surface area contributed by atoms with Gasteiger partial charge in [0.05, 0.1) is 17.6 Å². The first kappa shape index (κ1) is 18.8. The highest BCUT2D eigenvalue weighted by Gasteiger charge is 2.31. The first-order valence-corrected chi connectivity index (χ1v) is 9.66. The lowest BCUT2D eigenvalue weighted by Gasteiger charge is -2.19. The van der Waals surface area contributed by atoms with Crippen LogP contribution >= 0.6 is 0 Å². The maximum atomic E-state index is 12.9. The highest BCUT2D eigenvalue weighted by Crippen LogP contribution is 2.29. The van der Waals surface area contributed by atoms with E-state index in [1.54, 1.807) is 40.6 Å². The number of amides is 2. The second kappa shape index (κ2) is 7.24. The van der Waals surface area contributed by atoms with Crippen LogP contribution in [0.4, 0.5) is 5.69 Å². The van der Waals surface area contributed by atoms with Gasteiger partial charge in [-0.25, -0.2) is 9.50 Å². The van der Waals surface area contributed by atoms with Crippen molar-refractivity contribution in [3.05, 3.63) is 60.7 Å². The summed E-state index contributed by atoms with van der Waals surface area (Å²) in [7, 11) is 3.48. The summed E-state index contributed by atoms with van der Waals surface area (Å²) in [6.07, 6.45) is 3.57. The Morgan fingerprint density at radius 2 is 2.00 bits per heavy atom. The van der Waals surface area contributed by atoms with E-state index in [0.717, 1.165) is 11.3 Å². The lowest BCUT2D eigenvalue weighted by molar-refractivity contribution is -0.120. The Balaban J connectivity index is 1.41. The van der Waals surface area contributed by atoms with Crippen LogP contribution in [-0.4, -0.2) is 55.9 Å². The first-order chi connectivity index (χ1) is 15.0. The van der Waals surface area contributed by atoms with Gasteiger partial charge in [0.2, 0.25) is 5.82 Å². The monoisotopic (exact) mass is 417 g/mol. The Labute approximate surface area is 177 Å². The molecule has 0 radical (unpaired) electrons. The second-order valence-corrected chi connectivity index (χ2v) is 7.22. The number of rotatable bonds is 3. The van der Waals surface area contributed by atoms with Gasteiger partial charge in [-0.3, -0.25) is 14.3 Å². The van der Waals surface area contributed by atoms with Crippen molar-refractivity contribution < 1.29 is 14.3 Å². The molecule has 0 fully saturated rings. The van der Waals surface area contributed by atoms with Gasteiger partial charge < -0.3 is 15.0 Å². The van der Waals surface area contributed by atoms with Gasteiger partial charge in [-0.1, -0.05) is 18.2 Å². The number of benzene rings is 1. The van der Waals surface area contributed by atoms with Crippen molar-refractivity contribution in [3.8, 4) is 17.0 Å². The van der Waals surface area contributed by atoms with Gasteiger partial charge in [-0.2, -0.15) is 5.10 Å². The molecule has 1 aliphatic heterocycles. The minimum atomic E-state index is -0.866. The molecule has 2 amide bonds. The average Bonchev–Trinajstić information content (AvgIpc) is 3.39. The Hall–Kier alpha value is -4.21. The van der Waals surface area contributed by atoms with Crippen molar-refractivity contribution in [2.45, 2.75) is 6.04 Å². The van der Waals surface area contributed by atoms with Crippen molar-refractivity contribution >= 4 is 23.1 Å². The van der Waals surface area contributed by atoms with Crippen LogP contribution in [0, 0.1) is 0 Å². The van der Waals surface area contributed by atoms with Crippen molar-refractivity contribution in [3.63, 3.8) is 0 Å². The van der Waals surface area contributed by atoms with Crippen LogP contribution in [0.5, 0.6) is 5.75 Å². The minimum Gasteiger partial charge on any atom is -0.489 e. The zero-order valence-corrected chi connectivity index (χ0v) is 16.9. The largest absolute Gasteiger partial charge is 0.489 e. The molecule has 1 N–H and O–H groups in total. The number of hydrogen-bond donors (Lipinski definition) is 1. The van der Waals surface area contributed by atoms with Crippen LogP contribution in [0.25, 0.3) is 16.9 Å². The van der Waals surface area contributed by atoms with Gasteiger partial charge in [-0.05, 0) is 24.3 Å². The van der Waals surface area contributed by atoms with E-state index < -0.39 is 11.9 Å². The summed E-state index contributed by atoms with van der Waals surface area (Å²) in [5, 5.41) is 11.2. The van der Waals surface area contributed by atoms with Crippen LogP contribution < -0.4 is 15.0 Å². The molecule has 0 saturated heterocycles. The lowest BCUT2D eigenvalue weighted by atomic mass is 10.2. The number of para-hydroxylation sites is 2. The summed E-state index contributed by atoms with van der Waals surface area (Å²) >= 11 is 0. The molecule has 1 atom stereocenters. The number of hydrogen-bond acceptors (Lipinski definition) is 6. The Kier molecular flexibility index (Phi) is 4.39. The van der Waals surface area contributed by atoms with E-state index in [9.17, 15) is 9.59 Å². The molecule has 0 bridgehead atoms. The maximum absolute atomic E-state index is 12.9. The molecular weight excluding hydrogens is 398 g/mol. The van der Waals surface area contributed by atoms with Crippen LogP contribution in [0.2, 0.25) is 0 Å². The third kappa shape index (κ3) is 3.27. The van der Waals surface area contributed by atoms with Crippen molar-refractivity contribution in [1.82, 2.24) is 29.7 Å². The number of nitrogens with one attached hydrogen (secondary N) is 1. The average molecular weight is 417 g/mol. The van der Waals surface area contributed by atoms with Crippen molar-refractivity contribution in [2.24, 2.45) is 7.05 Å². The van der Waals surface area contributed by atoms with Crippen LogP contribution in [0.3, 0.4) is 0 Å². The summed E-state index contributed by atoms with van der Waals surface area (Å²) in [5.74, 6) is -0.282. The summed E-state index contributed by atoms with van der Waals surface area (Å²) in [6, 6.07) is 11.8. The number of aromatic nitrogens is 5. The smallest absolute Gasteiger partial charge is 0.291 e. The van der Waals surface area contributed by atoms with Gasteiger partial charge in [0, 0.05) is 25.9 Å². The standard InChI is InChI=1S/C21H19N7O3/c1-26-11-13(10-22-26)15-7-5-9-18-24-19(25-28(15)18)20(29)23-14-12-31-17-8-4-3-6-16(17)27(2)21(14)30/h3-11,14H,12H2,1-2H3,(H,23,29). The van der Waals surface area contributed by atoms with E-state index in [0.29, 0.717) is 17.1 Å². The van der Waals surface area contributed by atoms with E-state index in [1.165, 1.54) is 4.90 Å². The molecule has 0 spiro atoms. The second-order valence-electron chi connectivity index (χ2n) is 7.22. The molecule has 10 heteroatoms. The van der Waals surface area contributed by atoms with Gasteiger partial charge in [0.15, 0.2) is 5.65 Å². The normalized spacial score (nSPS) is 16.0. The molecule has 0 aliphatic carbocycles. The van der Waals surface area contributed by atoms with E-state index in [4.69, 9.17) is 4.74 Å². The van der Waals surface area contributed by atoms with Crippen LogP contribution in [0.1, 0.15) is 10.6 Å². The third-order valence-electron chi connectivity index (χ3n) is 5.13. The van der Waals surface area contributed by atoms with E-state index >= 15 is 0 Å². The molecular formula is C21H19N7O3. The SMILES string of the molecule is CN1C(=O)C(NC(=O)c2nc3cccc(-c4cnn(C)c4)n3n2)COc2ccccc21. The van der Waals surface area contributed by atoms with E-state index in [1.807, 2.05) is 37.5 Å².